The summed E-state index contributed by atoms with van der Waals surface area (Å²) in [6.07, 6.45) is 0.999. The summed E-state index contributed by atoms with van der Waals surface area (Å²) in [6, 6.07) is 15.5. The molecule has 0 atom stereocenters. The maximum absolute atomic E-state index is 12.9. The van der Waals surface area contributed by atoms with Crippen LogP contribution < -0.4 is 10.1 Å². The molecule has 0 aromatic heterocycles. The highest BCUT2D eigenvalue weighted by Gasteiger charge is 2.26. The van der Waals surface area contributed by atoms with Gasteiger partial charge in [0.25, 0.3) is 5.91 Å². The number of benzene rings is 2. The van der Waals surface area contributed by atoms with Crippen molar-refractivity contribution in [3.05, 3.63) is 65.2 Å². The van der Waals surface area contributed by atoms with Crippen LogP contribution in [0, 0.1) is 6.92 Å². The predicted octanol–water partition coefficient (Wildman–Crippen LogP) is 4.70. The summed E-state index contributed by atoms with van der Waals surface area (Å²) < 4.78 is 11.2. The van der Waals surface area contributed by atoms with E-state index < -0.39 is 11.7 Å². The highest BCUT2D eigenvalue weighted by molar-refractivity contribution is 5.94. The third-order valence-electron chi connectivity index (χ3n) is 5.07. The Morgan fingerprint density at radius 2 is 1.77 bits per heavy atom. The molecule has 1 fully saturated rings. The normalized spacial score (nSPS) is 14.8. The molecule has 31 heavy (non-hydrogen) atoms. The van der Waals surface area contributed by atoms with Gasteiger partial charge in [0.2, 0.25) is 0 Å². The molecule has 2 amide bonds. The number of nitrogens with zero attached hydrogens (tertiary/aromatic N) is 1. The van der Waals surface area contributed by atoms with E-state index in [2.05, 4.69) is 24.4 Å². The minimum absolute atomic E-state index is 0.0166. The minimum atomic E-state index is -0.521. The maximum Gasteiger partial charge on any atom is 0.407 e. The summed E-state index contributed by atoms with van der Waals surface area (Å²) in [6.45, 7) is 9.21. The van der Waals surface area contributed by atoms with E-state index in [0.717, 1.165) is 5.56 Å². The Balaban J connectivity index is 1.51. The largest absolute Gasteiger partial charge is 0.489 e. The lowest BCUT2D eigenvalue weighted by Crippen LogP contribution is -2.47. The maximum atomic E-state index is 12.9. The number of ether oxygens (including phenoxy) is 2. The first kappa shape index (κ1) is 22.7. The van der Waals surface area contributed by atoms with Crippen LogP contribution in [-0.2, 0) is 11.3 Å². The van der Waals surface area contributed by atoms with Crippen LogP contribution in [0.25, 0.3) is 0 Å². The highest BCUT2D eigenvalue weighted by Crippen LogP contribution is 2.20. The molecule has 1 aliphatic heterocycles. The Kier molecular flexibility index (Phi) is 7.21. The Labute approximate surface area is 184 Å². The van der Waals surface area contributed by atoms with E-state index in [0.29, 0.717) is 43.9 Å². The number of piperidine rings is 1. The topological polar surface area (TPSA) is 67.9 Å². The average molecular weight is 425 g/mol. The zero-order valence-corrected chi connectivity index (χ0v) is 18.8. The van der Waals surface area contributed by atoms with Crippen LogP contribution in [0.2, 0.25) is 0 Å². The smallest absolute Gasteiger partial charge is 0.407 e. The van der Waals surface area contributed by atoms with Gasteiger partial charge in [0, 0.05) is 24.7 Å². The van der Waals surface area contributed by atoms with E-state index in [-0.39, 0.29) is 11.9 Å². The molecule has 1 N–H and O–H groups in total. The monoisotopic (exact) mass is 424 g/mol. The Morgan fingerprint density at radius 1 is 1.06 bits per heavy atom. The van der Waals surface area contributed by atoms with Crippen molar-refractivity contribution in [3.63, 3.8) is 0 Å². The van der Waals surface area contributed by atoms with E-state index >= 15 is 0 Å². The summed E-state index contributed by atoms with van der Waals surface area (Å²) >= 11 is 0. The van der Waals surface area contributed by atoms with Crippen LogP contribution in [0.1, 0.15) is 55.1 Å². The number of carbonyl (C=O) groups excluding carboxylic acids is 2. The predicted molar refractivity (Wildman–Crippen MR) is 120 cm³/mol. The molecule has 0 spiro atoms. The molecular weight excluding hydrogens is 392 g/mol. The summed E-state index contributed by atoms with van der Waals surface area (Å²) in [5.74, 6) is 0.658. The fourth-order valence-corrected chi connectivity index (χ4v) is 3.57. The first-order valence-electron chi connectivity index (χ1n) is 10.8. The summed E-state index contributed by atoms with van der Waals surface area (Å²) in [4.78, 5) is 26.7. The van der Waals surface area contributed by atoms with E-state index in [1.165, 1.54) is 5.56 Å². The molecule has 1 saturated heterocycles. The van der Waals surface area contributed by atoms with E-state index in [1.807, 2.05) is 56.0 Å². The van der Waals surface area contributed by atoms with Crippen LogP contribution in [0.3, 0.4) is 0 Å². The lowest BCUT2D eigenvalue weighted by atomic mass is 10.0. The van der Waals surface area contributed by atoms with Crippen molar-refractivity contribution < 1.29 is 19.1 Å². The first-order chi connectivity index (χ1) is 14.7. The third-order valence-corrected chi connectivity index (χ3v) is 5.07. The van der Waals surface area contributed by atoms with Crippen molar-refractivity contribution in [2.75, 3.05) is 13.1 Å². The van der Waals surface area contributed by atoms with Crippen LogP contribution in [-0.4, -0.2) is 41.6 Å². The molecule has 1 heterocycles. The van der Waals surface area contributed by atoms with Gasteiger partial charge < -0.3 is 19.7 Å². The molecule has 0 unspecified atom stereocenters. The standard InChI is InChI=1S/C25H32N2O4/c1-18-7-5-8-19(15-18)17-30-22-10-6-9-20(16-22)23(28)27-13-11-21(12-14-27)26-24(29)31-25(2,3)4/h5-10,15-16,21H,11-14,17H2,1-4H3,(H,26,29). The molecule has 3 rings (SSSR count). The van der Waals surface area contributed by atoms with Gasteiger partial charge in [-0.15, -0.1) is 0 Å². The zero-order valence-electron chi connectivity index (χ0n) is 18.8. The van der Waals surface area contributed by atoms with Crippen LogP contribution in [0.15, 0.2) is 48.5 Å². The van der Waals surface area contributed by atoms with E-state index in [1.54, 1.807) is 6.07 Å². The highest BCUT2D eigenvalue weighted by atomic mass is 16.6. The fraction of sp³-hybridized carbons (Fsp3) is 0.440. The number of likely N-dealkylation sites (tertiary alicyclic amines) is 1. The molecule has 1 aliphatic rings. The van der Waals surface area contributed by atoms with Crippen LogP contribution in [0.5, 0.6) is 5.75 Å². The number of amides is 2. The summed E-state index contributed by atoms with van der Waals surface area (Å²) in [5, 5.41) is 2.90. The molecule has 166 valence electrons. The van der Waals surface area contributed by atoms with Crippen molar-refractivity contribution in [1.82, 2.24) is 10.2 Å². The number of hydrogen-bond acceptors (Lipinski definition) is 4. The Morgan fingerprint density at radius 3 is 2.45 bits per heavy atom. The molecular formula is C25H32N2O4. The van der Waals surface area contributed by atoms with Crippen molar-refractivity contribution in [1.29, 1.82) is 0 Å². The molecule has 0 aliphatic carbocycles. The Hall–Kier alpha value is -3.02. The number of carbonyl (C=O) groups is 2. The van der Waals surface area contributed by atoms with Gasteiger partial charge in [-0.1, -0.05) is 35.9 Å². The van der Waals surface area contributed by atoms with Crippen LogP contribution >= 0.6 is 0 Å². The van der Waals surface area contributed by atoms with Crippen LogP contribution in [0.4, 0.5) is 4.79 Å². The van der Waals surface area contributed by atoms with Gasteiger partial charge in [0.05, 0.1) is 0 Å². The Bertz CT molecular complexity index is 912. The number of alkyl carbamates (subject to hydrolysis) is 1. The average Bonchev–Trinajstić information content (AvgIpc) is 2.71. The second-order valence-corrected chi connectivity index (χ2v) is 9.02. The first-order valence-corrected chi connectivity index (χ1v) is 10.8. The third kappa shape index (κ3) is 7.02. The number of nitrogens with one attached hydrogen (secondary N) is 1. The summed E-state index contributed by atoms with van der Waals surface area (Å²) in [7, 11) is 0. The van der Waals surface area contributed by atoms with Gasteiger partial charge in [-0.3, -0.25) is 4.79 Å². The zero-order chi connectivity index (χ0) is 22.4. The molecule has 0 radical (unpaired) electrons. The van der Waals surface area contributed by atoms with Crippen molar-refractivity contribution in [2.24, 2.45) is 0 Å². The molecule has 2 aromatic carbocycles. The van der Waals surface area contributed by atoms with Gasteiger partial charge in [0.15, 0.2) is 0 Å². The molecule has 2 aromatic rings. The van der Waals surface area contributed by atoms with Gasteiger partial charge >= 0.3 is 6.09 Å². The van der Waals surface area contributed by atoms with E-state index in [9.17, 15) is 9.59 Å². The number of aryl methyl sites for hydroxylation is 1. The number of hydrogen-bond donors (Lipinski definition) is 1. The van der Waals surface area contributed by atoms with Crippen molar-refractivity contribution in [3.8, 4) is 5.75 Å². The SMILES string of the molecule is Cc1cccc(COc2cccc(C(=O)N3CCC(NC(=O)OC(C)(C)C)CC3)c2)c1. The molecule has 0 saturated carbocycles. The summed E-state index contributed by atoms with van der Waals surface area (Å²) in [5.41, 5.74) is 2.37. The molecule has 6 heteroatoms. The lowest BCUT2D eigenvalue weighted by Gasteiger charge is -2.33. The quantitative estimate of drug-likeness (QED) is 0.755. The lowest BCUT2D eigenvalue weighted by molar-refractivity contribution is 0.0473. The molecule has 6 nitrogen and oxygen atoms in total. The van der Waals surface area contributed by atoms with Gasteiger partial charge in [-0.05, 0) is 64.3 Å². The second kappa shape index (κ2) is 9.86. The van der Waals surface area contributed by atoms with Gasteiger partial charge in [-0.2, -0.15) is 0 Å². The van der Waals surface area contributed by atoms with Gasteiger partial charge in [-0.25, -0.2) is 4.79 Å². The minimum Gasteiger partial charge on any atom is -0.489 e. The van der Waals surface area contributed by atoms with Crippen molar-refractivity contribution >= 4 is 12.0 Å². The second-order valence-electron chi connectivity index (χ2n) is 9.02. The fourth-order valence-electron chi connectivity index (χ4n) is 3.57. The van der Waals surface area contributed by atoms with E-state index in [4.69, 9.17) is 9.47 Å². The van der Waals surface area contributed by atoms with Crippen molar-refractivity contribution in [2.45, 2.75) is 58.8 Å². The molecule has 0 bridgehead atoms. The van der Waals surface area contributed by atoms with Gasteiger partial charge in [0.1, 0.15) is 18.0 Å². The number of rotatable bonds is 5.